The Hall–Kier alpha value is -4.62. The summed E-state index contributed by atoms with van der Waals surface area (Å²) in [6, 6.07) is 34.1. The quantitative estimate of drug-likeness (QED) is 0.256. The number of likely N-dealkylation sites (tertiary alicyclic amines) is 1. The van der Waals surface area contributed by atoms with Crippen LogP contribution in [0, 0.1) is 5.92 Å². The first-order valence-corrected chi connectivity index (χ1v) is 13.5. The van der Waals surface area contributed by atoms with E-state index >= 15 is 0 Å². The van der Waals surface area contributed by atoms with Crippen molar-refractivity contribution in [1.82, 2.24) is 4.90 Å². The summed E-state index contributed by atoms with van der Waals surface area (Å²) in [5, 5.41) is 1.69. The maximum absolute atomic E-state index is 13.8. The van der Waals surface area contributed by atoms with Gasteiger partial charge in [-0.1, -0.05) is 84.9 Å². The molecule has 0 radical (unpaired) electrons. The van der Waals surface area contributed by atoms with Gasteiger partial charge in [0.1, 0.15) is 12.5 Å². The number of anilines is 1. The molecule has 0 saturated carbocycles. The van der Waals surface area contributed by atoms with Crippen LogP contribution in [0.1, 0.15) is 29.7 Å². The monoisotopic (exact) mass is 534 g/mol. The number of imide groups is 1. The van der Waals surface area contributed by atoms with Gasteiger partial charge in [-0.05, 0) is 47.9 Å². The molecule has 2 amide bonds. The third-order valence-corrected chi connectivity index (χ3v) is 7.25. The summed E-state index contributed by atoms with van der Waals surface area (Å²) < 4.78 is 12.1. The molecule has 2 aliphatic heterocycles. The zero-order chi connectivity index (χ0) is 27.5. The molecule has 2 aliphatic rings. The van der Waals surface area contributed by atoms with E-state index in [-0.39, 0.29) is 18.4 Å². The van der Waals surface area contributed by atoms with E-state index in [4.69, 9.17) is 14.3 Å². The number of rotatable bonds is 9. The molecule has 0 aliphatic carbocycles. The molecule has 2 fully saturated rings. The molecular weight excluding hydrogens is 504 g/mol. The van der Waals surface area contributed by atoms with Crippen LogP contribution < -0.4 is 14.5 Å². The number of hydrogen-bond acceptors (Lipinski definition) is 6. The van der Waals surface area contributed by atoms with Crippen LogP contribution in [0.4, 0.5) is 5.69 Å². The molecule has 202 valence electrons. The Morgan fingerprint density at radius 3 is 2.05 bits per heavy atom. The summed E-state index contributed by atoms with van der Waals surface area (Å²) in [5.41, 5.74) is 3.50. The van der Waals surface area contributed by atoms with Crippen LogP contribution in [-0.4, -0.2) is 29.4 Å². The predicted molar refractivity (Wildman–Crippen MR) is 150 cm³/mol. The molecule has 7 nitrogen and oxygen atoms in total. The van der Waals surface area contributed by atoms with Gasteiger partial charge in [-0.15, -0.1) is 0 Å². The number of hydroxylamine groups is 1. The molecule has 0 aromatic heterocycles. The molecule has 7 heteroatoms. The van der Waals surface area contributed by atoms with E-state index in [1.165, 1.54) is 4.90 Å². The lowest BCUT2D eigenvalue weighted by Gasteiger charge is -2.29. The van der Waals surface area contributed by atoms with Gasteiger partial charge in [0, 0.05) is 0 Å². The molecular formula is C33H30N2O5. The molecule has 0 spiro atoms. The number of fused-ring (bicyclic) bond motifs is 1. The van der Waals surface area contributed by atoms with Crippen molar-refractivity contribution in [1.29, 1.82) is 0 Å². The van der Waals surface area contributed by atoms with Gasteiger partial charge >= 0.3 is 0 Å². The third-order valence-electron chi connectivity index (χ3n) is 7.25. The summed E-state index contributed by atoms with van der Waals surface area (Å²) in [6.07, 6.45) is -0.911. The lowest BCUT2D eigenvalue weighted by molar-refractivity contribution is -0.143. The van der Waals surface area contributed by atoms with Gasteiger partial charge in [0.2, 0.25) is 5.91 Å². The van der Waals surface area contributed by atoms with E-state index < -0.39 is 18.1 Å². The first-order chi connectivity index (χ1) is 19.6. The third kappa shape index (κ3) is 4.92. The number of carbonyl (C=O) groups is 2. The highest BCUT2D eigenvalue weighted by molar-refractivity contribution is 6.07. The fourth-order valence-electron chi connectivity index (χ4n) is 5.36. The summed E-state index contributed by atoms with van der Waals surface area (Å²) in [7, 11) is 0. The molecule has 2 heterocycles. The number of hydrogen-bond donors (Lipinski definition) is 0. The van der Waals surface area contributed by atoms with Crippen molar-refractivity contribution in [3.05, 3.63) is 126 Å². The van der Waals surface area contributed by atoms with Gasteiger partial charge in [0.15, 0.2) is 17.6 Å². The van der Waals surface area contributed by atoms with E-state index in [1.807, 2.05) is 116 Å². The van der Waals surface area contributed by atoms with Gasteiger partial charge in [-0.3, -0.25) is 19.3 Å². The Balaban J connectivity index is 1.34. The number of benzene rings is 4. The smallest absolute Gasteiger partial charge is 0.262 e. The Morgan fingerprint density at radius 1 is 0.725 bits per heavy atom. The zero-order valence-corrected chi connectivity index (χ0v) is 22.2. The maximum atomic E-state index is 13.8. The largest absolute Gasteiger partial charge is 0.490 e. The number of ether oxygens (including phenoxy) is 2. The van der Waals surface area contributed by atoms with Gasteiger partial charge in [-0.25, -0.2) is 5.06 Å². The molecule has 40 heavy (non-hydrogen) atoms. The van der Waals surface area contributed by atoms with Gasteiger partial charge in [0.05, 0.1) is 24.9 Å². The normalized spacial score (nSPS) is 20.1. The van der Waals surface area contributed by atoms with Gasteiger partial charge in [0.25, 0.3) is 5.91 Å². The molecule has 2 saturated heterocycles. The second kappa shape index (κ2) is 11.2. The number of nitrogens with zero attached hydrogens (tertiary/aromatic N) is 2. The highest BCUT2D eigenvalue weighted by Gasteiger charge is 2.59. The van der Waals surface area contributed by atoms with Crippen LogP contribution >= 0.6 is 0 Å². The summed E-state index contributed by atoms with van der Waals surface area (Å²) in [5.74, 6) is -0.0947. The van der Waals surface area contributed by atoms with E-state index in [0.29, 0.717) is 24.7 Å². The van der Waals surface area contributed by atoms with Gasteiger partial charge < -0.3 is 9.47 Å². The first kappa shape index (κ1) is 25.6. The summed E-state index contributed by atoms with van der Waals surface area (Å²) in [6.45, 7) is 2.97. The van der Waals surface area contributed by atoms with Crippen molar-refractivity contribution < 1.29 is 23.9 Å². The number of amides is 2. The van der Waals surface area contributed by atoms with Crippen LogP contribution in [0.3, 0.4) is 0 Å². The van der Waals surface area contributed by atoms with E-state index in [9.17, 15) is 9.59 Å². The minimum Gasteiger partial charge on any atom is -0.490 e. The Bertz CT molecular complexity index is 1480. The van der Waals surface area contributed by atoms with Crippen LogP contribution in [0.15, 0.2) is 109 Å². The van der Waals surface area contributed by atoms with Gasteiger partial charge in [-0.2, -0.15) is 0 Å². The van der Waals surface area contributed by atoms with E-state index in [0.717, 1.165) is 22.4 Å². The van der Waals surface area contributed by atoms with Crippen molar-refractivity contribution in [3.8, 4) is 11.5 Å². The molecule has 0 bridgehead atoms. The van der Waals surface area contributed by atoms with Crippen molar-refractivity contribution >= 4 is 17.5 Å². The highest BCUT2D eigenvalue weighted by atomic mass is 16.7. The first-order valence-electron chi connectivity index (χ1n) is 13.5. The molecule has 3 atom stereocenters. The van der Waals surface area contributed by atoms with Crippen molar-refractivity contribution in [2.24, 2.45) is 5.92 Å². The minimum atomic E-state index is -0.911. The Kier molecular flexibility index (Phi) is 7.21. The lowest BCUT2D eigenvalue weighted by atomic mass is 9.90. The van der Waals surface area contributed by atoms with E-state index in [1.54, 1.807) is 5.06 Å². The van der Waals surface area contributed by atoms with Crippen LogP contribution in [0.25, 0.3) is 0 Å². The predicted octanol–water partition coefficient (Wildman–Crippen LogP) is 5.71. The summed E-state index contributed by atoms with van der Waals surface area (Å²) in [4.78, 5) is 34.9. The average Bonchev–Trinajstić information content (AvgIpc) is 3.50. The van der Waals surface area contributed by atoms with Crippen LogP contribution in [-0.2, 0) is 27.6 Å². The van der Waals surface area contributed by atoms with Crippen molar-refractivity contribution in [2.75, 3.05) is 11.7 Å². The average molecular weight is 535 g/mol. The lowest BCUT2D eigenvalue weighted by Crippen LogP contribution is -2.36. The SMILES string of the molecule is CCOc1cc(C2C3C(=O)N(Cc4ccccc4)C(=O)C3ON2c2ccccc2)ccc1OCc1ccccc1. The number of para-hydroxylation sites is 1. The molecule has 4 aromatic rings. The maximum Gasteiger partial charge on any atom is 0.262 e. The fraction of sp³-hybridized carbons (Fsp3) is 0.212. The van der Waals surface area contributed by atoms with Crippen molar-refractivity contribution in [3.63, 3.8) is 0 Å². The standard InChI is InChI=1S/C33H30N2O5/c1-2-38-28-20-25(18-19-27(28)39-22-24-14-8-4-9-15-24)30-29-31(40-35(30)26-16-10-5-11-17-26)33(37)34(32(29)36)21-23-12-6-3-7-13-23/h3-20,29-31H,2,21-22H2,1H3. The molecule has 0 N–H and O–H groups in total. The summed E-state index contributed by atoms with van der Waals surface area (Å²) >= 11 is 0. The second-order valence-corrected chi connectivity index (χ2v) is 9.82. The van der Waals surface area contributed by atoms with Crippen molar-refractivity contribution in [2.45, 2.75) is 32.2 Å². The van der Waals surface area contributed by atoms with E-state index in [2.05, 4.69) is 0 Å². The molecule has 4 aromatic carbocycles. The molecule has 3 unspecified atom stereocenters. The Morgan fingerprint density at radius 2 is 1.38 bits per heavy atom. The van der Waals surface area contributed by atoms with Crippen LogP contribution in [0.5, 0.6) is 11.5 Å². The number of carbonyl (C=O) groups excluding carboxylic acids is 2. The Labute approximate surface area is 233 Å². The minimum absolute atomic E-state index is 0.212. The topological polar surface area (TPSA) is 68.3 Å². The molecule has 6 rings (SSSR count). The second-order valence-electron chi connectivity index (χ2n) is 9.82. The van der Waals surface area contributed by atoms with Crippen LogP contribution in [0.2, 0.25) is 0 Å². The fourth-order valence-corrected chi connectivity index (χ4v) is 5.36. The highest BCUT2D eigenvalue weighted by Crippen LogP contribution is 2.48. The zero-order valence-electron chi connectivity index (χ0n) is 22.2.